The topological polar surface area (TPSA) is 128 Å². The maximum Gasteiger partial charge on any atom is 0.248 e. The Balaban J connectivity index is 1.68. The van der Waals surface area contributed by atoms with Crippen LogP contribution in [0.1, 0.15) is 36.5 Å². The summed E-state index contributed by atoms with van der Waals surface area (Å²) in [5.74, 6) is -0.109. The van der Waals surface area contributed by atoms with E-state index in [0.717, 1.165) is 12.8 Å². The van der Waals surface area contributed by atoms with Crippen LogP contribution in [0.4, 0.5) is 5.95 Å². The van der Waals surface area contributed by atoms with Crippen LogP contribution in [-0.4, -0.2) is 44.7 Å². The fraction of sp³-hybridized carbons (Fsp3) is 0.350. The molecule has 11 heteroatoms. The van der Waals surface area contributed by atoms with Crippen molar-refractivity contribution < 1.29 is 9.59 Å². The third-order valence-corrected chi connectivity index (χ3v) is 6.44. The summed E-state index contributed by atoms with van der Waals surface area (Å²) in [6.07, 6.45) is 3.98. The fourth-order valence-electron chi connectivity index (χ4n) is 4.01. The molecule has 162 valence electrons. The van der Waals surface area contributed by atoms with Crippen LogP contribution in [0.15, 0.2) is 29.0 Å². The van der Waals surface area contributed by atoms with Crippen LogP contribution in [0.25, 0.3) is 16.7 Å². The Morgan fingerprint density at radius 1 is 1.35 bits per heavy atom. The van der Waals surface area contributed by atoms with Gasteiger partial charge in [-0.2, -0.15) is 10.1 Å². The normalized spacial score (nSPS) is 20.7. The second-order valence-corrected chi connectivity index (χ2v) is 9.11. The summed E-state index contributed by atoms with van der Waals surface area (Å²) in [7, 11) is 1.66. The van der Waals surface area contributed by atoms with E-state index in [9.17, 15) is 9.59 Å². The summed E-state index contributed by atoms with van der Waals surface area (Å²) in [6, 6.07) is 4.86. The molecule has 2 aromatic heterocycles. The van der Waals surface area contributed by atoms with Gasteiger partial charge in [-0.15, -0.1) is 0 Å². The number of hydrogen-bond donors (Lipinski definition) is 3. The van der Waals surface area contributed by atoms with E-state index in [1.165, 1.54) is 6.07 Å². The van der Waals surface area contributed by atoms with E-state index in [0.29, 0.717) is 38.7 Å². The number of anilines is 1. The Bertz CT molecular complexity index is 1200. The van der Waals surface area contributed by atoms with E-state index in [2.05, 4.69) is 41.6 Å². The van der Waals surface area contributed by atoms with Gasteiger partial charge in [0.15, 0.2) is 5.65 Å². The van der Waals surface area contributed by atoms with E-state index in [1.54, 1.807) is 30.1 Å². The van der Waals surface area contributed by atoms with Gasteiger partial charge in [-0.25, -0.2) is 9.67 Å². The summed E-state index contributed by atoms with van der Waals surface area (Å²) in [5, 5.41) is 11.6. The molecule has 0 aliphatic heterocycles. The molecule has 4 N–H and O–H groups in total. The van der Waals surface area contributed by atoms with Crippen molar-refractivity contribution in [3.63, 3.8) is 0 Å². The summed E-state index contributed by atoms with van der Waals surface area (Å²) >= 11 is 9.60. The number of fused-ring (bicyclic) bond motifs is 1. The van der Waals surface area contributed by atoms with Crippen LogP contribution in [0.5, 0.6) is 0 Å². The molecule has 0 bridgehead atoms. The molecule has 0 spiro atoms. The number of nitrogens with two attached hydrogens (primary N) is 1. The highest BCUT2D eigenvalue weighted by atomic mass is 79.9. The van der Waals surface area contributed by atoms with Gasteiger partial charge in [-0.1, -0.05) is 18.5 Å². The number of amides is 2. The Morgan fingerprint density at radius 3 is 2.84 bits per heavy atom. The number of rotatable bonds is 5. The Hall–Kier alpha value is -2.72. The third-order valence-electron chi connectivity index (χ3n) is 5.64. The largest absolute Gasteiger partial charge is 0.366 e. The highest BCUT2D eigenvalue weighted by molar-refractivity contribution is 9.10. The number of nitrogens with one attached hydrogen (secondary N) is 2. The van der Waals surface area contributed by atoms with Crippen molar-refractivity contribution >= 4 is 56.3 Å². The molecule has 1 aliphatic carbocycles. The molecule has 2 atom stereocenters. The molecule has 1 saturated carbocycles. The zero-order chi connectivity index (χ0) is 22.3. The van der Waals surface area contributed by atoms with Gasteiger partial charge in [0.05, 0.1) is 11.1 Å². The van der Waals surface area contributed by atoms with Crippen molar-refractivity contribution in [3.05, 3.63) is 39.6 Å². The average molecular weight is 507 g/mol. The van der Waals surface area contributed by atoms with Crippen molar-refractivity contribution in [2.24, 2.45) is 11.1 Å². The van der Waals surface area contributed by atoms with Gasteiger partial charge in [0.25, 0.3) is 0 Å². The van der Waals surface area contributed by atoms with Crippen molar-refractivity contribution in [1.82, 2.24) is 25.1 Å². The number of carbonyl (C=O) groups is 2. The van der Waals surface area contributed by atoms with E-state index in [1.807, 2.05) is 6.92 Å². The number of halogens is 2. The standard InChI is InChI=1S/C20H21BrClN7O2/c1-20(18(31)24-2)4-3-12(8-20)26-19-25-9-14-15(21)28-29(17(14)27-19)13-6-10(16(23)30)5-11(22)7-13/h5-7,9,12H,3-4,8H2,1-2H3,(H2,23,30)(H,24,31)(H,25,26,27)/t12-,20?/m1/s1. The molecular formula is C20H21BrClN7O2. The summed E-state index contributed by atoms with van der Waals surface area (Å²) in [4.78, 5) is 32.9. The lowest BCUT2D eigenvalue weighted by molar-refractivity contribution is -0.129. The number of nitrogens with zero attached hydrogens (tertiary/aromatic N) is 4. The molecule has 3 aromatic rings. The molecule has 0 radical (unpaired) electrons. The van der Waals surface area contributed by atoms with Crippen LogP contribution < -0.4 is 16.4 Å². The van der Waals surface area contributed by atoms with Gasteiger partial charge in [0.1, 0.15) is 4.60 Å². The van der Waals surface area contributed by atoms with Gasteiger partial charge in [-0.3, -0.25) is 9.59 Å². The second-order valence-electron chi connectivity index (χ2n) is 7.92. The van der Waals surface area contributed by atoms with Crippen molar-refractivity contribution in [3.8, 4) is 5.69 Å². The van der Waals surface area contributed by atoms with Gasteiger partial charge in [-0.05, 0) is 53.4 Å². The van der Waals surface area contributed by atoms with Gasteiger partial charge < -0.3 is 16.4 Å². The van der Waals surface area contributed by atoms with Crippen molar-refractivity contribution in [2.45, 2.75) is 32.2 Å². The Kier molecular flexibility index (Phi) is 5.61. The predicted octanol–water partition coefficient (Wildman–Crippen LogP) is 3.05. The Morgan fingerprint density at radius 2 is 2.13 bits per heavy atom. The van der Waals surface area contributed by atoms with Gasteiger partial charge >= 0.3 is 0 Å². The molecule has 4 rings (SSSR count). The number of carbonyl (C=O) groups excluding carboxylic acids is 2. The first-order valence-electron chi connectivity index (χ1n) is 9.71. The maximum atomic E-state index is 12.2. The van der Waals surface area contributed by atoms with Gasteiger partial charge in [0.2, 0.25) is 17.8 Å². The predicted molar refractivity (Wildman–Crippen MR) is 121 cm³/mol. The molecule has 1 aromatic carbocycles. The average Bonchev–Trinajstić information content (AvgIpc) is 3.27. The van der Waals surface area contributed by atoms with E-state index in [4.69, 9.17) is 17.3 Å². The zero-order valence-corrected chi connectivity index (χ0v) is 19.3. The van der Waals surface area contributed by atoms with Crippen molar-refractivity contribution in [1.29, 1.82) is 0 Å². The fourth-order valence-corrected chi connectivity index (χ4v) is 4.68. The first-order valence-corrected chi connectivity index (χ1v) is 10.9. The first-order chi connectivity index (χ1) is 14.7. The molecule has 1 fully saturated rings. The number of benzene rings is 1. The quantitative estimate of drug-likeness (QED) is 0.488. The summed E-state index contributed by atoms with van der Waals surface area (Å²) < 4.78 is 2.14. The third kappa shape index (κ3) is 4.09. The van der Waals surface area contributed by atoms with Crippen LogP contribution in [0, 0.1) is 5.41 Å². The number of primary amides is 1. The number of aromatic nitrogens is 4. The molecule has 9 nitrogen and oxygen atoms in total. The SMILES string of the molecule is CNC(=O)C1(C)CC[C@@H](Nc2ncc3c(Br)nn(-c4cc(Cl)cc(C(N)=O)c4)c3n2)C1. The van der Waals surface area contributed by atoms with Crippen LogP contribution in [0.3, 0.4) is 0 Å². The van der Waals surface area contributed by atoms with Crippen LogP contribution in [0.2, 0.25) is 5.02 Å². The molecule has 1 unspecified atom stereocenters. The molecular weight excluding hydrogens is 486 g/mol. The number of hydrogen-bond acceptors (Lipinski definition) is 6. The monoisotopic (exact) mass is 505 g/mol. The lowest BCUT2D eigenvalue weighted by atomic mass is 9.87. The summed E-state index contributed by atoms with van der Waals surface area (Å²) in [5.41, 5.74) is 6.37. The molecule has 2 heterocycles. The van der Waals surface area contributed by atoms with Crippen molar-refractivity contribution in [2.75, 3.05) is 12.4 Å². The lowest BCUT2D eigenvalue weighted by Crippen LogP contribution is -2.35. The second kappa shape index (κ2) is 8.08. The van der Waals surface area contributed by atoms with E-state index >= 15 is 0 Å². The molecule has 1 aliphatic rings. The van der Waals surface area contributed by atoms with Gasteiger partial charge in [0, 0.05) is 35.3 Å². The first kappa shape index (κ1) is 21.5. The molecule has 0 saturated heterocycles. The minimum atomic E-state index is -0.586. The minimum Gasteiger partial charge on any atom is -0.366 e. The van der Waals surface area contributed by atoms with Crippen LogP contribution in [-0.2, 0) is 4.79 Å². The smallest absolute Gasteiger partial charge is 0.248 e. The van der Waals surface area contributed by atoms with E-state index < -0.39 is 11.3 Å². The van der Waals surface area contributed by atoms with E-state index in [-0.39, 0.29) is 17.5 Å². The molecule has 31 heavy (non-hydrogen) atoms. The minimum absolute atomic E-state index is 0.0430. The highest BCUT2D eigenvalue weighted by Gasteiger charge is 2.40. The highest BCUT2D eigenvalue weighted by Crippen LogP contribution is 2.39. The zero-order valence-electron chi connectivity index (χ0n) is 16.9. The lowest BCUT2D eigenvalue weighted by Gasteiger charge is -2.22. The molecule has 2 amide bonds. The van der Waals surface area contributed by atoms with Crippen LogP contribution >= 0.6 is 27.5 Å². The summed E-state index contributed by atoms with van der Waals surface area (Å²) in [6.45, 7) is 1.97. The Labute approximate surface area is 191 Å². The maximum absolute atomic E-state index is 12.2.